The van der Waals surface area contributed by atoms with E-state index >= 15 is 0 Å². The highest BCUT2D eigenvalue weighted by Gasteiger charge is 2.29. The number of rotatable bonds is 5. The molecular weight excluding hydrogens is 357 g/mol. The average Bonchev–Trinajstić information content (AvgIpc) is 2.59. The summed E-state index contributed by atoms with van der Waals surface area (Å²) in [6, 6.07) is 8.30. The van der Waals surface area contributed by atoms with Crippen molar-refractivity contribution in [2.45, 2.75) is 11.1 Å². The van der Waals surface area contributed by atoms with Crippen molar-refractivity contribution in [3.8, 4) is 11.5 Å². The fraction of sp³-hybridized carbons (Fsp3) is 0.176. The lowest BCUT2D eigenvalue weighted by molar-refractivity contribution is -0.137. The van der Waals surface area contributed by atoms with Crippen LogP contribution in [-0.2, 0) is 16.0 Å². The predicted octanol–water partition coefficient (Wildman–Crippen LogP) is 4.17. The second-order valence-electron chi connectivity index (χ2n) is 4.98. The molecule has 0 heterocycles. The Bertz CT molecular complexity index is 870. The number of hydrogen-bond donors (Lipinski definition) is 0. The lowest BCUT2D eigenvalue weighted by Gasteiger charge is -2.08. The number of sulfone groups is 1. The molecule has 134 valence electrons. The fourth-order valence-electron chi connectivity index (χ4n) is 2.02. The minimum Gasteiger partial charge on any atom is -0.493 e. The summed E-state index contributed by atoms with van der Waals surface area (Å²) in [4.78, 5) is -0.0201. The van der Waals surface area contributed by atoms with Gasteiger partial charge >= 0.3 is 6.18 Å². The zero-order valence-corrected chi connectivity index (χ0v) is 14.2. The Morgan fingerprint density at radius 2 is 1.52 bits per heavy atom. The first-order chi connectivity index (χ1) is 11.7. The molecule has 0 fully saturated rings. The third kappa shape index (κ3) is 4.54. The predicted molar refractivity (Wildman–Crippen MR) is 87.2 cm³/mol. The quantitative estimate of drug-likeness (QED) is 0.791. The van der Waals surface area contributed by atoms with E-state index in [9.17, 15) is 21.6 Å². The van der Waals surface area contributed by atoms with Crippen LogP contribution in [-0.4, -0.2) is 22.6 Å². The maximum Gasteiger partial charge on any atom is 0.416 e. The van der Waals surface area contributed by atoms with Gasteiger partial charge in [-0.05, 0) is 35.9 Å². The number of halogens is 3. The van der Waals surface area contributed by atoms with Crippen LogP contribution >= 0.6 is 0 Å². The van der Waals surface area contributed by atoms with Gasteiger partial charge in [-0.15, -0.1) is 0 Å². The van der Waals surface area contributed by atoms with Gasteiger partial charge in [-0.2, -0.15) is 13.2 Å². The Labute approximate surface area is 143 Å². The summed E-state index contributed by atoms with van der Waals surface area (Å²) in [5.41, 5.74) is -0.468. The summed E-state index contributed by atoms with van der Waals surface area (Å²) in [5.74, 6) is 0.639. The normalized spacial score (nSPS) is 12.4. The van der Waals surface area contributed by atoms with Gasteiger partial charge in [-0.1, -0.05) is 12.1 Å². The molecular formula is C17H15F3O4S. The van der Waals surface area contributed by atoms with Gasteiger partial charge in [0.25, 0.3) is 0 Å². The summed E-state index contributed by atoms with van der Waals surface area (Å²) >= 11 is 0. The lowest BCUT2D eigenvalue weighted by Crippen LogP contribution is -2.04. The number of methoxy groups -OCH3 is 2. The number of benzene rings is 2. The first kappa shape index (κ1) is 18.9. The van der Waals surface area contributed by atoms with Crippen molar-refractivity contribution in [3.63, 3.8) is 0 Å². The van der Waals surface area contributed by atoms with E-state index in [0.717, 1.165) is 17.5 Å². The molecule has 0 bridgehead atoms. The Balaban J connectivity index is 2.27. The van der Waals surface area contributed by atoms with E-state index in [1.54, 1.807) is 0 Å². The molecule has 2 aromatic carbocycles. The topological polar surface area (TPSA) is 52.6 Å². The van der Waals surface area contributed by atoms with E-state index in [1.807, 2.05) is 0 Å². The summed E-state index contributed by atoms with van der Waals surface area (Å²) < 4.78 is 72.3. The molecule has 0 saturated carbocycles. The van der Waals surface area contributed by atoms with Crippen molar-refractivity contribution < 1.29 is 31.1 Å². The van der Waals surface area contributed by atoms with Crippen molar-refractivity contribution in [3.05, 3.63) is 59.0 Å². The van der Waals surface area contributed by atoms with Crippen LogP contribution in [0.1, 0.15) is 11.1 Å². The molecule has 0 saturated heterocycles. The van der Waals surface area contributed by atoms with E-state index in [4.69, 9.17) is 9.47 Å². The fourth-order valence-corrected chi connectivity index (χ4v) is 3.05. The highest BCUT2D eigenvalue weighted by molar-refractivity contribution is 7.94. The lowest BCUT2D eigenvalue weighted by atomic mass is 10.1. The standard InChI is InChI=1S/C17H15F3O4S/c1-23-15-8-7-14(11-16(15)24-2)25(21,22)10-9-12-3-5-13(6-4-12)17(18,19)20/h3-11H,1-2H3/b10-9+. The van der Waals surface area contributed by atoms with Crippen LogP contribution in [0, 0.1) is 0 Å². The number of hydrogen-bond acceptors (Lipinski definition) is 4. The molecule has 8 heteroatoms. The molecule has 4 nitrogen and oxygen atoms in total. The van der Waals surface area contributed by atoms with Gasteiger partial charge in [0.15, 0.2) is 21.3 Å². The van der Waals surface area contributed by atoms with Gasteiger partial charge in [-0.3, -0.25) is 0 Å². The minimum atomic E-state index is -4.44. The van der Waals surface area contributed by atoms with Crippen molar-refractivity contribution in [1.29, 1.82) is 0 Å². The smallest absolute Gasteiger partial charge is 0.416 e. The van der Waals surface area contributed by atoms with Crippen LogP contribution < -0.4 is 9.47 Å². The van der Waals surface area contributed by atoms with Crippen LogP contribution in [0.15, 0.2) is 52.8 Å². The van der Waals surface area contributed by atoms with Crippen molar-refractivity contribution >= 4 is 15.9 Å². The minimum absolute atomic E-state index is 0.0201. The van der Waals surface area contributed by atoms with Gasteiger partial charge in [0, 0.05) is 11.5 Å². The second kappa shape index (κ2) is 7.18. The highest BCUT2D eigenvalue weighted by atomic mass is 32.2. The molecule has 0 spiro atoms. The molecule has 0 aliphatic carbocycles. The van der Waals surface area contributed by atoms with Gasteiger partial charge in [0.05, 0.1) is 24.7 Å². The van der Waals surface area contributed by atoms with E-state index < -0.39 is 21.6 Å². The first-order valence-corrected chi connectivity index (χ1v) is 8.54. The van der Waals surface area contributed by atoms with Crippen LogP contribution in [0.25, 0.3) is 6.08 Å². The molecule has 0 aliphatic heterocycles. The second-order valence-corrected chi connectivity index (χ2v) is 6.82. The molecule has 0 radical (unpaired) electrons. The van der Waals surface area contributed by atoms with Crippen molar-refractivity contribution in [1.82, 2.24) is 0 Å². The van der Waals surface area contributed by atoms with E-state index in [0.29, 0.717) is 11.3 Å². The Morgan fingerprint density at radius 1 is 0.920 bits per heavy atom. The molecule has 0 unspecified atom stereocenters. The summed E-state index contributed by atoms with van der Waals surface area (Å²) in [7, 11) is -0.985. The van der Waals surface area contributed by atoms with Crippen LogP contribution in [0.2, 0.25) is 0 Å². The number of ether oxygens (including phenoxy) is 2. The average molecular weight is 372 g/mol. The van der Waals surface area contributed by atoms with Crippen LogP contribution in [0.3, 0.4) is 0 Å². The molecule has 0 amide bonds. The third-order valence-electron chi connectivity index (χ3n) is 3.36. The van der Waals surface area contributed by atoms with Crippen LogP contribution in [0.5, 0.6) is 11.5 Å². The molecule has 0 N–H and O–H groups in total. The SMILES string of the molecule is COc1ccc(S(=O)(=O)/C=C/c2ccc(C(F)(F)F)cc2)cc1OC. The van der Waals surface area contributed by atoms with Gasteiger partial charge in [0.2, 0.25) is 0 Å². The van der Waals surface area contributed by atoms with Crippen molar-refractivity contribution in [2.75, 3.05) is 14.2 Å². The van der Waals surface area contributed by atoms with Gasteiger partial charge < -0.3 is 9.47 Å². The summed E-state index contributed by atoms with van der Waals surface area (Å²) in [5, 5.41) is 0.927. The zero-order chi connectivity index (χ0) is 18.7. The molecule has 2 rings (SSSR count). The zero-order valence-electron chi connectivity index (χ0n) is 13.4. The Morgan fingerprint density at radius 3 is 2.04 bits per heavy atom. The van der Waals surface area contributed by atoms with Crippen LogP contribution in [0.4, 0.5) is 13.2 Å². The van der Waals surface area contributed by atoms with E-state index in [-0.39, 0.29) is 10.6 Å². The van der Waals surface area contributed by atoms with Crippen molar-refractivity contribution in [2.24, 2.45) is 0 Å². The summed E-state index contributed by atoms with van der Waals surface area (Å²) in [6.07, 6.45) is -3.21. The molecule has 0 aromatic heterocycles. The van der Waals surface area contributed by atoms with E-state index in [2.05, 4.69) is 0 Å². The maximum atomic E-state index is 12.5. The monoisotopic (exact) mass is 372 g/mol. The van der Waals surface area contributed by atoms with E-state index in [1.165, 1.54) is 50.6 Å². The largest absolute Gasteiger partial charge is 0.493 e. The Kier molecular flexibility index (Phi) is 5.42. The Hall–Kier alpha value is -2.48. The molecule has 2 aromatic rings. The van der Waals surface area contributed by atoms with Gasteiger partial charge in [-0.25, -0.2) is 8.42 Å². The maximum absolute atomic E-state index is 12.5. The molecule has 0 atom stereocenters. The number of alkyl halides is 3. The first-order valence-electron chi connectivity index (χ1n) is 7.00. The van der Waals surface area contributed by atoms with Gasteiger partial charge in [0.1, 0.15) is 0 Å². The third-order valence-corrected chi connectivity index (χ3v) is 4.77. The molecule has 25 heavy (non-hydrogen) atoms. The highest BCUT2D eigenvalue weighted by Crippen LogP contribution is 2.31. The summed E-state index contributed by atoms with van der Waals surface area (Å²) in [6.45, 7) is 0. The molecule has 0 aliphatic rings.